The molecule has 0 radical (unpaired) electrons. The molecule has 30 heavy (non-hydrogen) atoms. The van der Waals surface area contributed by atoms with Gasteiger partial charge in [0.15, 0.2) is 17.5 Å². The second-order valence-corrected chi connectivity index (χ2v) is 7.78. The predicted octanol–water partition coefficient (Wildman–Crippen LogP) is 5.03. The third kappa shape index (κ3) is 4.38. The Labute approximate surface area is 196 Å². The Bertz CT molecular complexity index is 1140. The zero-order valence-corrected chi connectivity index (χ0v) is 18.6. The highest BCUT2D eigenvalue weighted by Gasteiger charge is 2.35. The summed E-state index contributed by atoms with van der Waals surface area (Å²) in [5, 5.41) is 11.5. The van der Waals surface area contributed by atoms with Gasteiger partial charge in [-0.3, -0.25) is 19.8 Å². The maximum Gasteiger partial charge on any atom is 0.270 e. The van der Waals surface area contributed by atoms with E-state index in [4.69, 9.17) is 68.6 Å². The van der Waals surface area contributed by atoms with Crippen LogP contribution in [0.4, 0.5) is 5.69 Å². The number of anilines is 1. The van der Waals surface area contributed by atoms with Crippen molar-refractivity contribution in [2.75, 3.05) is 11.5 Å². The van der Waals surface area contributed by atoms with Crippen molar-refractivity contribution in [1.29, 1.82) is 5.26 Å². The summed E-state index contributed by atoms with van der Waals surface area (Å²) in [4.78, 5) is 26.6. The lowest BCUT2D eigenvalue weighted by molar-refractivity contribution is -0.122. The van der Waals surface area contributed by atoms with Crippen LogP contribution in [0.3, 0.4) is 0 Å². The van der Waals surface area contributed by atoms with Crippen LogP contribution in [0.5, 0.6) is 5.75 Å². The molecule has 0 bridgehead atoms. The van der Waals surface area contributed by atoms with Crippen LogP contribution in [0.25, 0.3) is 6.08 Å². The van der Waals surface area contributed by atoms with Crippen LogP contribution in [-0.4, -0.2) is 23.5 Å². The smallest absolute Gasteiger partial charge is 0.270 e. The number of nitriles is 1. The predicted molar refractivity (Wildman–Crippen MR) is 120 cm³/mol. The molecule has 0 aliphatic carbocycles. The largest absolute Gasteiger partial charge is 0.476 e. The van der Waals surface area contributed by atoms with Gasteiger partial charge in [-0.2, -0.15) is 5.26 Å². The maximum atomic E-state index is 13.1. The minimum atomic E-state index is -0.704. The molecule has 2 aromatic rings. The number of thiocarbonyl (C=S) groups is 1. The Balaban J connectivity index is 2.03. The summed E-state index contributed by atoms with van der Waals surface area (Å²) in [5.41, 5.74) is 0.358. The Kier molecular flexibility index (Phi) is 6.86. The van der Waals surface area contributed by atoms with E-state index in [1.807, 2.05) is 6.07 Å². The molecular formula is C19H9Cl4N3O3S. The lowest BCUT2D eigenvalue weighted by atomic mass is 10.1. The van der Waals surface area contributed by atoms with Crippen molar-refractivity contribution in [3.05, 3.63) is 61.6 Å². The van der Waals surface area contributed by atoms with E-state index >= 15 is 0 Å². The molecule has 2 amide bonds. The van der Waals surface area contributed by atoms with Gasteiger partial charge < -0.3 is 4.74 Å². The topological polar surface area (TPSA) is 82.4 Å². The molecule has 1 fully saturated rings. The SMILES string of the molecule is N#CCOc1c(Cl)cc(/C=C2\C(=O)NC(=S)N(c3cccc(Cl)c3Cl)C2=O)cc1Cl. The van der Waals surface area contributed by atoms with Crippen LogP contribution in [0.15, 0.2) is 35.9 Å². The molecule has 0 unspecified atom stereocenters. The molecule has 11 heteroatoms. The van der Waals surface area contributed by atoms with Crippen LogP contribution in [0.1, 0.15) is 5.56 Å². The average molecular weight is 501 g/mol. The molecule has 0 atom stereocenters. The number of carbonyl (C=O) groups is 2. The molecule has 0 saturated carbocycles. The van der Waals surface area contributed by atoms with E-state index in [-0.39, 0.29) is 48.8 Å². The number of nitrogens with one attached hydrogen (secondary N) is 1. The third-order valence-corrected chi connectivity index (χ3v) is 5.54. The van der Waals surface area contributed by atoms with Crippen LogP contribution in [-0.2, 0) is 9.59 Å². The summed E-state index contributed by atoms with van der Waals surface area (Å²) < 4.78 is 5.17. The van der Waals surface area contributed by atoms with Gasteiger partial charge in [-0.25, -0.2) is 0 Å². The maximum absolute atomic E-state index is 13.1. The van der Waals surface area contributed by atoms with E-state index < -0.39 is 11.8 Å². The highest BCUT2D eigenvalue weighted by Crippen LogP contribution is 2.36. The zero-order chi connectivity index (χ0) is 22.0. The van der Waals surface area contributed by atoms with Crippen LogP contribution in [0.2, 0.25) is 20.1 Å². The number of rotatable bonds is 4. The van der Waals surface area contributed by atoms with Crippen molar-refractivity contribution in [2.24, 2.45) is 0 Å². The number of hydrogen-bond donors (Lipinski definition) is 1. The fraction of sp³-hybridized carbons (Fsp3) is 0.0526. The Morgan fingerprint density at radius 1 is 1.13 bits per heavy atom. The minimum absolute atomic E-state index is 0.107. The summed E-state index contributed by atoms with van der Waals surface area (Å²) in [7, 11) is 0. The van der Waals surface area contributed by atoms with Gasteiger partial charge in [-0.05, 0) is 48.1 Å². The van der Waals surface area contributed by atoms with Gasteiger partial charge in [-0.1, -0.05) is 52.5 Å². The van der Waals surface area contributed by atoms with E-state index in [1.54, 1.807) is 18.2 Å². The zero-order valence-electron chi connectivity index (χ0n) is 14.7. The fourth-order valence-corrected chi connectivity index (χ4v) is 3.88. The fourth-order valence-electron chi connectivity index (χ4n) is 2.61. The monoisotopic (exact) mass is 499 g/mol. The van der Waals surface area contributed by atoms with Gasteiger partial charge in [0.25, 0.3) is 11.8 Å². The molecule has 2 aromatic carbocycles. The molecular weight excluding hydrogens is 492 g/mol. The third-order valence-electron chi connectivity index (χ3n) is 3.89. The van der Waals surface area contributed by atoms with E-state index in [1.165, 1.54) is 18.2 Å². The first-order valence-corrected chi connectivity index (χ1v) is 10.0. The first-order chi connectivity index (χ1) is 14.2. The summed E-state index contributed by atoms with van der Waals surface area (Å²) >= 11 is 29.7. The standard InChI is InChI=1S/C19H9Cl4N3O3S/c20-11-2-1-3-14(15(11)23)26-18(28)10(17(27)25-19(26)30)6-9-7-12(21)16(13(22)8-9)29-5-4-24/h1-3,6-8H,5H2,(H,25,27,30)/b10-6+. The van der Waals surface area contributed by atoms with Crippen LogP contribution in [0, 0.1) is 11.3 Å². The summed E-state index contributed by atoms with van der Waals surface area (Å²) in [6.45, 7) is -0.242. The van der Waals surface area contributed by atoms with Gasteiger partial charge >= 0.3 is 0 Å². The Hall–Kier alpha value is -2.34. The molecule has 1 N–H and O–H groups in total. The lowest BCUT2D eigenvalue weighted by Crippen LogP contribution is -2.54. The highest BCUT2D eigenvalue weighted by molar-refractivity contribution is 7.80. The number of benzene rings is 2. The number of ether oxygens (including phenoxy) is 1. The van der Waals surface area contributed by atoms with Gasteiger partial charge in [0, 0.05) is 0 Å². The molecule has 1 aliphatic heterocycles. The Morgan fingerprint density at radius 2 is 1.80 bits per heavy atom. The first-order valence-electron chi connectivity index (χ1n) is 8.09. The number of carbonyl (C=O) groups excluding carboxylic acids is 2. The second kappa shape index (κ2) is 9.21. The molecule has 3 rings (SSSR count). The van der Waals surface area contributed by atoms with Gasteiger partial charge in [0.05, 0.1) is 25.8 Å². The Morgan fingerprint density at radius 3 is 2.43 bits per heavy atom. The van der Waals surface area contributed by atoms with Gasteiger partial charge in [0.1, 0.15) is 11.6 Å². The lowest BCUT2D eigenvalue weighted by Gasteiger charge is -2.29. The van der Waals surface area contributed by atoms with E-state index in [9.17, 15) is 9.59 Å². The van der Waals surface area contributed by atoms with E-state index in [0.29, 0.717) is 5.56 Å². The van der Waals surface area contributed by atoms with Crippen molar-refractivity contribution < 1.29 is 14.3 Å². The van der Waals surface area contributed by atoms with Crippen molar-refractivity contribution in [1.82, 2.24) is 5.32 Å². The average Bonchev–Trinajstić information content (AvgIpc) is 2.67. The van der Waals surface area contributed by atoms with Crippen LogP contribution < -0.4 is 15.0 Å². The summed E-state index contributed by atoms with van der Waals surface area (Å²) in [6.07, 6.45) is 1.30. The molecule has 6 nitrogen and oxygen atoms in total. The van der Waals surface area contributed by atoms with Crippen molar-refractivity contribution in [3.63, 3.8) is 0 Å². The van der Waals surface area contributed by atoms with Crippen molar-refractivity contribution in [2.45, 2.75) is 0 Å². The summed E-state index contributed by atoms with van der Waals surface area (Å²) in [6, 6.07) is 9.39. The normalized spacial score (nSPS) is 15.2. The summed E-state index contributed by atoms with van der Waals surface area (Å²) in [5.74, 6) is -1.28. The quantitative estimate of drug-likeness (QED) is 0.361. The number of amides is 2. The molecule has 1 heterocycles. The minimum Gasteiger partial charge on any atom is -0.476 e. The molecule has 0 aromatic heterocycles. The van der Waals surface area contributed by atoms with Crippen LogP contribution >= 0.6 is 58.6 Å². The molecule has 1 saturated heterocycles. The van der Waals surface area contributed by atoms with Gasteiger partial charge in [-0.15, -0.1) is 0 Å². The molecule has 152 valence electrons. The van der Waals surface area contributed by atoms with E-state index in [0.717, 1.165) is 4.90 Å². The van der Waals surface area contributed by atoms with Crippen molar-refractivity contribution in [3.8, 4) is 11.8 Å². The van der Waals surface area contributed by atoms with E-state index in [2.05, 4.69) is 5.32 Å². The van der Waals surface area contributed by atoms with Gasteiger partial charge in [0.2, 0.25) is 0 Å². The molecule has 1 aliphatic rings. The number of nitrogens with zero attached hydrogens (tertiary/aromatic N) is 2. The first kappa shape index (κ1) is 22.3. The highest BCUT2D eigenvalue weighted by atomic mass is 35.5. The van der Waals surface area contributed by atoms with Crippen molar-refractivity contribution >= 4 is 87.3 Å². The molecule has 0 spiro atoms. The number of hydrogen-bond acceptors (Lipinski definition) is 5. The second-order valence-electron chi connectivity index (χ2n) is 5.79. The number of halogens is 4.